The molecule has 6 rings (SSSR count). The first-order valence-corrected chi connectivity index (χ1v) is 11.5. The molecule has 1 fully saturated rings. The number of anilines is 2. The van der Waals surface area contributed by atoms with Crippen LogP contribution in [0.25, 0.3) is 0 Å². The highest BCUT2D eigenvalue weighted by Gasteiger charge is 2.80. The van der Waals surface area contributed by atoms with Crippen LogP contribution in [0.1, 0.15) is 16.7 Å². The molecule has 1 atom stereocenters. The van der Waals surface area contributed by atoms with Crippen LogP contribution in [0.4, 0.5) is 11.4 Å². The number of β-lactam (4-membered cyclic amide) rings is 1. The van der Waals surface area contributed by atoms with Gasteiger partial charge in [0.15, 0.2) is 5.54 Å². The number of fused-ring (bicyclic) bond motifs is 2. The Hall–Kier alpha value is -3.89. The lowest BCUT2D eigenvalue weighted by Gasteiger charge is -2.62. The van der Waals surface area contributed by atoms with E-state index >= 15 is 0 Å². The maximum absolute atomic E-state index is 14.5. The lowest BCUT2D eigenvalue weighted by molar-refractivity contribution is -0.145. The molecule has 2 amide bonds. The second-order valence-electron chi connectivity index (χ2n) is 8.69. The molecule has 0 aliphatic carbocycles. The van der Waals surface area contributed by atoms with Gasteiger partial charge < -0.3 is 4.90 Å². The second kappa shape index (κ2) is 7.31. The quantitative estimate of drug-likeness (QED) is 0.373. The van der Waals surface area contributed by atoms with Crippen molar-refractivity contribution >= 4 is 34.8 Å². The Kier molecular flexibility index (Phi) is 4.45. The van der Waals surface area contributed by atoms with Crippen molar-refractivity contribution in [1.29, 1.82) is 0 Å². The number of para-hydroxylation sites is 1. The van der Waals surface area contributed by atoms with Gasteiger partial charge in [0.2, 0.25) is 5.91 Å². The minimum absolute atomic E-state index is 0.143. The minimum atomic E-state index is -1.29. The van der Waals surface area contributed by atoms with Gasteiger partial charge in [-0.05, 0) is 41.5 Å². The predicted molar refractivity (Wildman–Crippen MR) is 134 cm³/mol. The van der Waals surface area contributed by atoms with Crippen molar-refractivity contribution < 1.29 is 9.59 Å². The first-order chi connectivity index (χ1) is 16.5. The highest BCUT2D eigenvalue weighted by molar-refractivity contribution is 6.31. The molecule has 1 spiro atoms. The van der Waals surface area contributed by atoms with E-state index in [4.69, 9.17) is 11.6 Å². The van der Waals surface area contributed by atoms with Crippen LogP contribution in [0.2, 0.25) is 5.02 Å². The molecule has 1 saturated heterocycles. The van der Waals surface area contributed by atoms with E-state index < -0.39 is 11.0 Å². The van der Waals surface area contributed by atoms with Crippen LogP contribution < -0.4 is 9.80 Å². The summed E-state index contributed by atoms with van der Waals surface area (Å²) in [5.41, 5.74) is 1.30. The molecule has 4 aromatic rings. The third kappa shape index (κ3) is 2.33. The molecule has 166 valence electrons. The minimum Gasteiger partial charge on any atom is -0.313 e. The lowest BCUT2D eigenvalue weighted by atomic mass is 9.51. The number of hydrogen-bond acceptors (Lipinski definition) is 2. The third-order valence-electron chi connectivity index (χ3n) is 7.17. The van der Waals surface area contributed by atoms with Gasteiger partial charge in [0.25, 0.3) is 5.91 Å². The molecule has 2 aliphatic rings. The van der Waals surface area contributed by atoms with Crippen LogP contribution >= 0.6 is 11.6 Å². The van der Waals surface area contributed by atoms with Crippen molar-refractivity contribution in [2.45, 2.75) is 11.0 Å². The molecular weight excluding hydrogens is 444 g/mol. The van der Waals surface area contributed by atoms with Gasteiger partial charge in [-0.1, -0.05) is 90.5 Å². The van der Waals surface area contributed by atoms with Gasteiger partial charge in [-0.2, -0.15) is 0 Å². The zero-order chi connectivity index (χ0) is 23.5. The number of likely N-dealkylation sites (N-methyl/N-ethyl adjacent to an activating group) is 1. The Balaban J connectivity index is 1.76. The number of carbonyl (C=O) groups is 2. The highest BCUT2D eigenvalue weighted by atomic mass is 35.5. The van der Waals surface area contributed by atoms with Crippen molar-refractivity contribution in [2.75, 3.05) is 16.8 Å². The fourth-order valence-electron chi connectivity index (χ4n) is 5.82. The fourth-order valence-corrected chi connectivity index (χ4v) is 5.94. The number of hydrogen-bond donors (Lipinski definition) is 0. The van der Waals surface area contributed by atoms with Crippen molar-refractivity contribution in [3.8, 4) is 0 Å². The molecule has 2 aliphatic heterocycles. The molecule has 5 heteroatoms. The summed E-state index contributed by atoms with van der Waals surface area (Å²) in [6.07, 6.45) is 0. The largest absolute Gasteiger partial charge is 0.313 e. The highest BCUT2D eigenvalue weighted by Crippen LogP contribution is 2.65. The van der Waals surface area contributed by atoms with Crippen molar-refractivity contribution in [3.05, 3.63) is 131 Å². The van der Waals surface area contributed by atoms with Crippen molar-refractivity contribution in [3.63, 3.8) is 0 Å². The van der Waals surface area contributed by atoms with Crippen LogP contribution in [-0.2, 0) is 20.5 Å². The summed E-state index contributed by atoms with van der Waals surface area (Å²) in [7, 11) is 1.78. The van der Waals surface area contributed by atoms with Crippen LogP contribution in [-0.4, -0.2) is 18.9 Å². The van der Waals surface area contributed by atoms with Gasteiger partial charge in [0, 0.05) is 29.0 Å². The molecule has 0 bridgehead atoms. The standard InChI is InChI=1S/C29H21ClN2O2/c1-31-25-15-9-8-14-24(25)29(27(31)34)28(20-10-4-2-5-11-20,21-12-6-3-7-13-21)26(33)32(29)23-18-16-22(30)17-19-23/h2-19H,1H3. The topological polar surface area (TPSA) is 40.6 Å². The normalized spacial score (nSPS) is 20.4. The average Bonchev–Trinajstić information content (AvgIpc) is 3.11. The molecule has 0 radical (unpaired) electrons. The van der Waals surface area contributed by atoms with Gasteiger partial charge in [0.05, 0.1) is 0 Å². The van der Waals surface area contributed by atoms with Crippen LogP contribution in [0.15, 0.2) is 109 Å². The maximum atomic E-state index is 14.5. The molecule has 4 aromatic carbocycles. The Morgan fingerprint density at radius 1 is 0.647 bits per heavy atom. The van der Waals surface area contributed by atoms with Crippen molar-refractivity contribution in [2.24, 2.45) is 0 Å². The monoisotopic (exact) mass is 464 g/mol. The van der Waals surface area contributed by atoms with E-state index in [1.807, 2.05) is 84.9 Å². The zero-order valence-electron chi connectivity index (χ0n) is 18.5. The van der Waals surface area contributed by atoms with E-state index in [9.17, 15) is 9.59 Å². The Morgan fingerprint density at radius 3 is 1.76 bits per heavy atom. The summed E-state index contributed by atoms with van der Waals surface area (Å²) in [5, 5.41) is 0.568. The van der Waals surface area contributed by atoms with Crippen molar-refractivity contribution in [1.82, 2.24) is 0 Å². The number of benzene rings is 4. The van der Waals surface area contributed by atoms with E-state index in [1.54, 1.807) is 41.1 Å². The third-order valence-corrected chi connectivity index (χ3v) is 7.42. The lowest BCUT2D eigenvalue weighted by Crippen LogP contribution is -2.81. The summed E-state index contributed by atoms with van der Waals surface area (Å²) in [5.74, 6) is -0.290. The molecule has 0 saturated carbocycles. The zero-order valence-corrected chi connectivity index (χ0v) is 19.2. The average molecular weight is 465 g/mol. The number of amides is 2. The molecule has 0 aromatic heterocycles. The summed E-state index contributed by atoms with van der Waals surface area (Å²) in [6.45, 7) is 0. The van der Waals surface area contributed by atoms with Crippen LogP contribution in [0.5, 0.6) is 0 Å². The SMILES string of the molecule is CN1C(=O)C2(c3ccccc31)N(c1ccc(Cl)cc1)C(=O)C2(c1ccccc1)c1ccccc1. The summed E-state index contributed by atoms with van der Waals surface area (Å²) in [6, 6.07) is 34.1. The summed E-state index contributed by atoms with van der Waals surface area (Å²) in [4.78, 5) is 32.3. The smallest absolute Gasteiger partial charge is 0.259 e. The van der Waals surface area contributed by atoms with Gasteiger partial charge in [-0.25, -0.2) is 0 Å². The van der Waals surface area contributed by atoms with E-state index in [2.05, 4.69) is 0 Å². The molecule has 2 heterocycles. The van der Waals surface area contributed by atoms with E-state index in [1.165, 1.54) is 0 Å². The molecule has 34 heavy (non-hydrogen) atoms. The Bertz CT molecular complexity index is 1380. The van der Waals surface area contributed by atoms with Gasteiger partial charge in [0.1, 0.15) is 5.41 Å². The Labute approximate surface area is 203 Å². The number of rotatable bonds is 3. The number of halogens is 1. The van der Waals surface area contributed by atoms with Crippen LogP contribution in [0.3, 0.4) is 0 Å². The molecule has 0 N–H and O–H groups in total. The molecular formula is C29H21ClN2O2. The number of carbonyl (C=O) groups excluding carboxylic acids is 2. The van der Waals surface area contributed by atoms with Gasteiger partial charge in [-0.3, -0.25) is 14.5 Å². The summed E-state index contributed by atoms with van der Waals surface area (Å²) >= 11 is 6.17. The van der Waals surface area contributed by atoms with Gasteiger partial charge >= 0.3 is 0 Å². The maximum Gasteiger partial charge on any atom is 0.259 e. The first kappa shape index (κ1) is 20.7. The molecule has 1 unspecified atom stereocenters. The van der Waals surface area contributed by atoms with E-state index in [0.29, 0.717) is 10.7 Å². The van der Waals surface area contributed by atoms with E-state index in [-0.39, 0.29) is 11.8 Å². The Morgan fingerprint density at radius 2 is 1.18 bits per heavy atom. The van der Waals surface area contributed by atoms with Crippen LogP contribution in [0, 0.1) is 0 Å². The van der Waals surface area contributed by atoms with E-state index in [0.717, 1.165) is 22.4 Å². The fraction of sp³-hybridized carbons (Fsp3) is 0.103. The van der Waals surface area contributed by atoms with Gasteiger partial charge in [-0.15, -0.1) is 0 Å². The second-order valence-corrected chi connectivity index (χ2v) is 9.13. The molecule has 4 nitrogen and oxygen atoms in total. The number of nitrogens with zero attached hydrogens (tertiary/aromatic N) is 2. The summed E-state index contributed by atoms with van der Waals surface area (Å²) < 4.78 is 0. The first-order valence-electron chi connectivity index (χ1n) is 11.1. The predicted octanol–water partition coefficient (Wildman–Crippen LogP) is 5.54.